The van der Waals surface area contributed by atoms with Crippen molar-refractivity contribution in [3.63, 3.8) is 0 Å². The van der Waals surface area contributed by atoms with E-state index in [1.165, 1.54) is 16.9 Å². The van der Waals surface area contributed by atoms with E-state index in [1.54, 1.807) is 13.1 Å². The second kappa shape index (κ2) is 4.59. The Hall–Kier alpha value is -1.59. The zero-order valence-electron chi connectivity index (χ0n) is 10.1. The van der Waals surface area contributed by atoms with Gasteiger partial charge in [-0.15, -0.1) is 11.3 Å². The maximum absolute atomic E-state index is 11.3. The van der Waals surface area contributed by atoms with Crippen molar-refractivity contribution in [2.45, 2.75) is 13.3 Å². The van der Waals surface area contributed by atoms with Crippen molar-refractivity contribution in [2.24, 2.45) is 0 Å². The van der Waals surface area contributed by atoms with Crippen LogP contribution in [0, 0.1) is 0 Å². The van der Waals surface area contributed by atoms with Gasteiger partial charge in [0, 0.05) is 6.54 Å². The van der Waals surface area contributed by atoms with Gasteiger partial charge in [0.1, 0.15) is 10.3 Å². The summed E-state index contributed by atoms with van der Waals surface area (Å²) < 4.78 is 0. The molecule has 0 radical (unpaired) electrons. The van der Waals surface area contributed by atoms with E-state index >= 15 is 0 Å². The molecule has 0 saturated heterocycles. The summed E-state index contributed by atoms with van der Waals surface area (Å²) in [4.78, 5) is 21.9. The molecule has 0 aromatic carbocycles. The third kappa shape index (κ3) is 2.07. The highest BCUT2D eigenvalue weighted by molar-refractivity contribution is 7.20. The number of aromatic nitrogens is 2. The maximum Gasteiger partial charge on any atom is 0.169 e. The van der Waals surface area contributed by atoms with Crippen LogP contribution in [0.25, 0.3) is 15.9 Å². The van der Waals surface area contributed by atoms with E-state index in [0.717, 1.165) is 40.4 Å². The zero-order chi connectivity index (χ0) is 12.5. The van der Waals surface area contributed by atoms with Gasteiger partial charge in [0.2, 0.25) is 0 Å². The van der Waals surface area contributed by atoms with Crippen LogP contribution in [-0.2, 0) is 0 Å². The average Bonchev–Trinajstić information content (AvgIpc) is 2.82. The second-order valence-corrected chi connectivity index (χ2v) is 5.33. The molecule has 3 rings (SSSR count). The smallest absolute Gasteiger partial charge is 0.169 e. The van der Waals surface area contributed by atoms with Crippen molar-refractivity contribution in [1.82, 2.24) is 15.3 Å². The molecule has 0 atom stereocenters. The molecule has 3 heterocycles. The number of nitrogens with one attached hydrogen (secondary N) is 1. The van der Waals surface area contributed by atoms with Crippen LogP contribution in [0.4, 0.5) is 0 Å². The lowest BCUT2D eigenvalue weighted by Gasteiger charge is -2.12. The third-order valence-electron chi connectivity index (χ3n) is 2.98. The summed E-state index contributed by atoms with van der Waals surface area (Å²) in [6.07, 6.45) is 4.93. The van der Waals surface area contributed by atoms with Crippen LogP contribution in [0.3, 0.4) is 0 Å². The first-order valence-electron chi connectivity index (χ1n) is 5.92. The number of rotatable bonds is 2. The van der Waals surface area contributed by atoms with Crippen LogP contribution >= 0.6 is 11.3 Å². The van der Waals surface area contributed by atoms with Gasteiger partial charge in [-0.3, -0.25) is 9.78 Å². The normalized spacial score (nSPS) is 15.7. The van der Waals surface area contributed by atoms with Crippen molar-refractivity contribution in [3.8, 4) is 0 Å². The Morgan fingerprint density at radius 3 is 3.11 bits per heavy atom. The van der Waals surface area contributed by atoms with Crippen molar-refractivity contribution >= 4 is 33.0 Å². The van der Waals surface area contributed by atoms with Gasteiger partial charge >= 0.3 is 0 Å². The molecule has 0 amide bonds. The molecule has 18 heavy (non-hydrogen) atoms. The topological polar surface area (TPSA) is 54.9 Å². The first-order chi connectivity index (χ1) is 8.74. The molecular formula is C13H13N3OS. The predicted octanol–water partition coefficient (Wildman–Crippen LogP) is 2.27. The van der Waals surface area contributed by atoms with Gasteiger partial charge < -0.3 is 5.32 Å². The largest absolute Gasteiger partial charge is 0.313 e. The van der Waals surface area contributed by atoms with Gasteiger partial charge in [-0.2, -0.15) is 0 Å². The second-order valence-electron chi connectivity index (χ2n) is 4.30. The number of thiophene rings is 1. The quantitative estimate of drug-likeness (QED) is 0.841. The van der Waals surface area contributed by atoms with Gasteiger partial charge in [-0.05, 0) is 31.5 Å². The molecule has 0 fully saturated rings. The van der Waals surface area contributed by atoms with Crippen LogP contribution in [0.1, 0.15) is 28.7 Å². The minimum atomic E-state index is 0.0717. The number of Topliss-reactive ketones (excluding diaryl/α,β-unsaturated/α-hetero) is 1. The van der Waals surface area contributed by atoms with E-state index in [-0.39, 0.29) is 5.78 Å². The molecule has 92 valence electrons. The SMILES string of the molecule is CC(=O)c1cc2ncc(C3=CCNCC3)nc2s1. The molecule has 1 aliphatic rings. The molecule has 2 aromatic rings. The summed E-state index contributed by atoms with van der Waals surface area (Å²) in [5.41, 5.74) is 2.98. The highest BCUT2D eigenvalue weighted by Gasteiger charge is 2.12. The number of carbonyl (C=O) groups is 1. The molecule has 0 aliphatic carbocycles. The van der Waals surface area contributed by atoms with E-state index in [1.807, 2.05) is 6.07 Å². The van der Waals surface area contributed by atoms with Crippen molar-refractivity contribution in [1.29, 1.82) is 0 Å². The minimum absolute atomic E-state index is 0.0717. The zero-order valence-corrected chi connectivity index (χ0v) is 10.9. The van der Waals surface area contributed by atoms with E-state index in [2.05, 4.69) is 21.4 Å². The highest BCUT2D eigenvalue weighted by Crippen LogP contribution is 2.25. The first kappa shape index (κ1) is 11.5. The van der Waals surface area contributed by atoms with Gasteiger partial charge in [0.25, 0.3) is 0 Å². The lowest BCUT2D eigenvalue weighted by Crippen LogP contribution is -2.20. The summed E-state index contributed by atoms with van der Waals surface area (Å²) in [6.45, 7) is 3.44. The summed E-state index contributed by atoms with van der Waals surface area (Å²) >= 11 is 1.42. The van der Waals surface area contributed by atoms with Gasteiger partial charge in [0.05, 0.1) is 16.8 Å². The van der Waals surface area contributed by atoms with Crippen LogP contribution in [0.2, 0.25) is 0 Å². The monoisotopic (exact) mass is 259 g/mol. The van der Waals surface area contributed by atoms with Crippen LogP contribution in [-0.4, -0.2) is 28.8 Å². The summed E-state index contributed by atoms with van der Waals surface area (Å²) in [7, 11) is 0. The van der Waals surface area contributed by atoms with E-state index in [0.29, 0.717) is 0 Å². The fraction of sp³-hybridized carbons (Fsp3) is 0.308. The molecule has 0 spiro atoms. The van der Waals surface area contributed by atoms with Crippen LogP contribution in [0.15, 0.2) is 18.3 Å². The molecule has 0 bridgehead atoms. The van der Waals surface area contributed by atoms with Gasteiger partial charge in [0.15, 0.2) is 5.78 Å². The fourth-order valence-corrected chi connectivity index (χ4v) is 2.88. The fourth-order valence-electron chi connectivity index (χ4n) is 2.00. The van der Waals surface area contributed by atoms with Crippen molar-refractivity contribution in [3.05, 3.63) is 28.9 Å². The van der Waals surface area contributed by atoms with Crippen molar-refractivity contribution in [2.75, 3.05) is 13.1 Å². The summed E-state index contributed by atoms with van der Waals surface area (Å²) in [5.74, 6) is 0.0717. The Morgan fingerprint density at radius 1 is 1.50 bits per heavy atom. The molecule has 0 saturated carbocycles. The van der Waals surface area contributed by atoms with Crippen LogP contribution < -0.4 is 5.32 Å². The standard InChI is InChI=1S/C13H13N3OS/c1-8(17)12-6-10-13(18-12)16-11(7-15-10)9-2-4-14-5-3-9/h2,6-7,14H,3-5H2,1H3. The molecular weight excluding hydrogens is 246 g/mol. The Labute approximate surface area is 109 Å². The molecule has 1 aliphatic heterocycles. The Morgan fingerprint density at radius 2 is 2.39 bits per heavy atom. The number of fused-ring (bicyclic) bond motifs is 1. The van der Waals surface area contributed by atoms with E-state index < -0.39 is 0 Å². The van der Waals surface area contributed by atoms with Gasteiger partial charge in [-0.25, -0.2) is 4.98 Å². The Balaban J connectivity index is 2.05. The van der Waals surface area contributed by atoms with Crippen molar-refractivity contribution < 1.29 is 4.79 Å². The van der Waals surface area contributed by atoms with E-state index in [9.17, 15) is 4.79 Å². The summed E-state index contributed by atoms with van der Waals surface area (Å²) in [6, 6.07) is 1.82. The lowest BCUT2D eigenvalue weighted by molar-refractivity contribution is 0.102. The first-order valence-corrected chi connectivity index (χ1v) is 6.73. The third-order valence-corrected chi connectivity index (χ3v) is 4.10. The number of hydrogen-bond acceptors (Lipinski definition) is 5. The molecule has 2 aromatic heterocycles. The highest BCUT2D eigenvalue weighted by atomic mass is 32.1. The van der Waals surface area contributed by atoms with Gasteiger partial charge in [-0.1, -0.05) is 6.08 Å². The Kier molecular flexibility index (Phi) is 2.93. The average molecular weight is 259 g/mol. The lowest BCUT2D eigenvalue weighted by atomic mass is 10.1. The summed E-state index contributed by atoms with van der Waals surface area (Å²) in [5, 5.41) is 3.27. The van der Waals surface area contributed by atoms with E-state index in [4.69, 9.17) is 0 Å². The van der Waals surface area contributed by atoms with Crippen LogP contribution in [0.5, 0.6) is 0 Å². The predicted molar refractivity (Wildman–Crippen MR) is 72.9 cm³/mol. The number of ketones is 1. The Bertz CT molecular complexity index is 645. The number of hydrogen-bond donors (Lipinski definition) is 1. The maximum atomic E-state index is 11.3. The molecule has 1 N–H and O–H groups in total. The molecule has 5 heteroatoms. The molecule has 0 unspecified atom stereocenters. The minimum Gasteiger partial charge on any atom is -0.313 e. The molecule has 4 nitrogen and oxygen atoms in total. The number of carbonyl (C=O) groups excluding carboxylic acids is 1. The number of nitrogens with zero attached hydrogens (tertiary/aromatic N) is 2.